The van der Waals surface area contributed by atoms with E-state index in [1.54, 1.807) is 40.6 Å². The fourth-order valence-corrected chi connectivity index (χ4v) is 2.05. The van der Waals surface area contributed by atoms with Gasteiger partial charge in [0.25, 0.3) is 0 Å². The van der Waals surface area contributed by atoms with Gasteiger partial charge < -0.3 is 24.1 Å². The minimum atomic E-state index is -0.653. The summed E-state index contributed by atoms with van der Waals surface area (Å²) in [6.45, 7) is 2.58. The van der Waals surface area contributed by atoms with Crippen molar-refractivity contribution in [3.8, 4) is 17.2 Å². The first-order chi connectivity index (χ1) is 9.58. The monoisotopic (exact) mass is 284 g/mol. The van der Waals surface area contributed by atoms with E-state index in [1.807, 2.05) is 6.92 Å². The fraction of sp³-hybridized carbons (Fsp3) is 0.600. The van der Waals surface area contributed by atoms with Crippen molar-refractivity contribution in [2.75, 3.05) is 35.0 Å². The van der Waals surface area contributed by atoms with Gasteiger partial charge in [-0.05, 0) is 18.4 Å². The standard InChI is InChI=1S/C15H24O5/c1-10(6-7-17-2)15(16)11-8-13(19-4)14(20-5)9-12(11)18-3/h8-10,15-16H,6-7H2,1-5H3. The number of ether oxygens (including phenoxy) is 4. The summed E-state index contributed by atoms with van der Waals surface area (Å²) in [6.07, 6.45) is 0.106. The molecule has 0 aliphatic rings. The molecule has 2 unspecified atom stereocenters. The molecule has 0 saturated carbocycles. The van der Waals surface area contributed by atoms with Crippen molar-refractivity contribution in [3.63, 3.8) is 0 Å². The van der Waals surface area contributed by atoms with Crippen LogP contribution in [-0.4, -0.2) is 40.2 Å². The lowest BCUT2D eigenvalue weighted by Crippen LogP contribution is -2.13. The highest BCUT2D eigenvalue weighted by Crippen LogP contribution is 2.39. The van der Waals surface area contributed by atoms with Crippen LogP contribution in [0.3, 0.4) is 0 Å². The van der Waals surface area contributed by atoms with Gasteiger partial charge in [-0.1, -0.05) is 6.92 Å². The van der Waals surface area contributed by atoms with Gasteiger partial charge in [-0.2, -0.15) is 0 Å². The molecule has 1 N–H and O–H groups in total. The van der Waals surface area contributed by atoms with Crippen LogP contribution in [0.1, 0.15) is 25.0 Å². The fourth-order valence-electron chi connectivity index (χ4n) is 2.05. The van der Waals surface area contributed by atoms with Crippen molar-refractivity contribution >= 4 is 0 Å². The van der Waals surface area contributed by atoms with Crippen molar-refractivity contribution in [1.29, 1.82) is 0 Å². The van der Waals surface area contributed by atoms with Crippen LogP contribution in [0, 0.1) is 5.92 Å². The van der Waals surface area contributed by atoms with E-state index >= 15 is 0 Å². The first kappa shape index (κ1) is 16.6. The molecule has 5 heteroatoms. The molecule has 0 bridgehead atoms. The van der Waals surface area contributed by atoms with Crippen LogP contribution in [0.15, 0.2) is 12.1 Å². The number of aliphatic hydroxyl groups excluding tert-OH is 1. The lowest BCUT2D eigenvalue weighted by Gasteiger charge is -2.22. The van der Waals surface area contributed by atoms with E-state index in [2.05, 4.69) is 0 Å². The smallest absolute Gasteiger partial charge is 0.164 e. The molecule has 0 saturated heterocycles. The van der Waals surface area contributed by atoms with Gasteiger partial charge in [-0.3, -0.25) is 0 Å². The Morgan fingerprint density at radius 2 is 1.50 bits per heavy atom. The third-order valence-electron chi connectivity index (χ3n) is 3.37. The zero-order valence-corrected chi connectivity index (χ0v) is 12.8. The lowest BCUT2D eigenvalue weighted by atomic mass is 9.94. The predicted molar refractivity (Wildman–Crippen MR) is 76.7 cm³/mol. The van der Waals surface area contributed by atoms with Crippen molar-refractivity contribution < 1.29 is 24.1 Å². The molecule has 0 aliphatic carbocycles. The Bertz CT molecular complexity index is 419. The van der Waals surface area contributed by atoms with E-state index in [4.69, 9.17) is 18.9 Å². The molecule has 0 heterocycles. The van der Waals surface area contributed by atoms with E-state index in [0.29, 0.717) is 29.4 Å². The molecule has 0 amide bonds. The molecular weight excluding hydrogens is 260 g/mol. The number of benzene rings is 1. The molecule has 5 nitrogen and oxygen atoms in total. The number of hydrogen-bond donors (Lipinski definition) is 1. The maximum atomic E-state index is 10.5. The molecule has 0 fully saturated rings. The zero-order valence-electron chi connectivity index (χ0n) is 12.8. The van der Waals surface area contributed by atoms with Crippen LogP contribution in [0.5, 0.6) is 17.2 Å². The maximum absolute atomic E-state index is 10.5. The quantitative estimate of drug-likeness (QED) is 0.794. The molecule has 1 aromatic carbocycles. The summed E-state index contributed by atoms with van der Waals surface area (Å²) < 4.78 is 20.9. The van der Waals surface area contributed by atoms with Crippen molar-refractivity contribution in [1.82, 2.24) is 0 Å². The average Bonchev–Trinajstić information content (AvgIpc) is 2.50. The van der Waals surface area contributed by atoms with Crippen LogP contribution in [0.25, 0.3) is 0 Å². The van der Waals surface area contributed by atoms with Crippen LogP contribution < -0.4 is 14.2 Å². The van der Waals surface area contributed by atoms with Gasteiger partial charge in [0, 0.05) is 25.3 Å². The second kappa shape index (κ2) is 7.97. The van der Waals surface area contributed by atoms with Gasteiger partial charge in [0.15, 0.2) is 11.5 Å². The van der Waals surface area contributed by atoms with E-state index in [-0.39, 0.29) is 5.92 Å². The SMILES string of the molecule is COCCC(C)C(O)c1cc(OC)c(OC)cc1OC. The summed E-state index contributed by atoms with van der Waals surface area (Å²) in [4.78, 5) is 0. The van der Waals surface area contributed by atoms with Gasteiger partial charge in [-0.25, -0.2) is 0 Å². The molecule has 2 atom stereocenters. The van der Waals surface area contributed by atoms with E-state index in [0.717, 1.165) is 6.42 Å². The highest BCUT2D eigenvalue weighted by molar-refractivity contribution is 5.51. The largest absolute Gasteiger partial charge is 0.496 e. The summed E-state index contributed by atoms with van der Waals surface area (Å²) in [5.41, 5.74) is 0.689. The van der Waals surface area contributed by atoms with Crippen LogP contribution in [0.2, 0.25) is 0 Å². The summed E-state index contributed by atoms with van der Waals surface area (Å²) in [5.74, 6) is 1.77. The Labute approximate surface area is 120 Å². The predicted octanol–water partition coefficient (Wildman–Crippen LogP) is 2.42. The Hall–Kier alpha value is -1.46. The summed E-state index contributed by atoms with van der Waals surface area (Å²) in [6, 6.07) is 3.48. The minimum Gasteiger partial charge on any atom is -0.496 e. The van der Waals surface area contributed by atoms with Crippen LogP contribution in [-0.2, 0) is 4.74 Å². The van der Waals surface area contributed by atoms with Crippen LogP contribution >= 0.6 is 0 Å². The molecule has 1 rings (SSSR count). The first-order valence-electron chi connectivity index (χ1n) is 6.55. The normalized spacial score (nSPS) is 13.7. The van der Waals surface area contributed by atoms with Gasteiger partial charge in [0.1, 0.15) is 5.75 Å². The van der Waals surface area contributed by atoms with E-state index in [9.17, 15) is 5.11 Å². The van der Waals surface area contributed by atoms with Gasteiger partial charge in [0.05, 0.1) is 27.4 Å². The van der Waals surface area contributed by atoms with Gasteiger partial charge in [-0.15, -0.1) is 0 Å². The number of rotatable bonds is 8. The number of methoxy groups -OCH3 is 4. The molecule has 114 valence electrons. The second-order valence-corrected chi connectivity index (χ2v) is 4.65. The van der Waals surface area contributed by atoms with Crippen molar-refractivity contribution in [3.05, 3.63) is 17.7 Å². The second-order valence-electron chi connectivity index (χ2n) is 4.65. The summed E-state index contributed by atoms with van der Waals surface area (Å²) in [5, 5.41) is 10.5. The molecule has 0 aromatic heterocycles. The minimum absolute atomic E-state index is 0.0435. The summed E-state index contributed by atoms with van der Waals surface area (Å²) in [7, 11) is 6.34. The molecule has 20 heavy (non-hydrogen) atoms. The molecule has 0 radical (unpaired) electrons. The zero-order chi connectivity index (χ0) is 15.1. The van der Waals surface area contributed by atoms with E-state index < -0.39 is 6.10 Å². The number of hydrogen-bond acceptors (Lipinski definition) is 5. The van der Waals surface area contributed by atoms with Crippen LogP contribution in [0.4, 0.5) is 0 Å². The Kier molecular flexibility index (Phi) is 6.61. The molecule has 0 spiro atoms. The molecular formula is C15H24O5. The average molecular weight is 284 g/mol. The Balaban J connectivity index is 3.08. The highest BCUT2D eigenvalue weighted by atomic mass is 16.5. The van der Waals surface area contributed by atoms with Gasteiger partial charge >= 0.3 is 0 Å². The molecule has 1 aromatic rings. The lowest BCUT2D eigenvalue weighted by molar-refractivity contribution is 0.0863. The molecule has 0 aliphatic heterocycles. The van der Waals surface area contributed by atoms with Crippen molar-refractivity contribution in [2.45, 2.75) is 19.4 Å². The van der Waals surface area contributed by atoms with E-state index in [1.165, 1.54) is 0 Å². The topological polar surface area (TPSA) is 57.2 Å². The third kappa shape index (κ3) is 3.77. The number of aliphatic hydroxyl groups is 1. The first-order valence-corrected chi connectivity index (χ1v) is 6.55. The maximum Gasteiger partial charge on any atom is 0.164 e. The Morgan fingerprint density at radius 3 is 2.00 bits per heavy atom. The van der Waals surface area contributed by atoms with Gasteiger partial charge in [0.2, 0.25) is 0 Å². The summed E-state index contributed by atoms with van der Waals surface area (Å²) >= 11 is 0. The van der Waals surface area contributed by atoms with Crippen molar-refractivity contribution in [2.24, 2.45) is 5.92 Å². The Morgan fingerprint density at radius 1 is 0.950 bits per heavy atom. The third-order valence-corrected chi connectivity index (χ3v) is 3.37. The highest BCUT2D eigenvalue weighted by Gasteiger charge is 2.22.